The molecule has 1 aliphatic heterocycles. The number of ether oxygens (including phenoxy) is 2. The van der Waals surface area contributed by atoms with Crippen molar-refractivity contribution in [2.45, 2.75) is 44.6 Å². The zero-order valence-electron chi connectivity index (χ0n) is 14.2. The van der Waals surface area contributed by atoms with E-state index in [9.17, 15) is 13.9 Å². The number of rotatable bonds is 7. The molecule has 1 spiro atoms. The highest BCUT2D eigenvalue weighted by Gasteiger charge is 2.55. The Morgan fingerprint density at radius 2 is 1.92 bits per heavy atom. The number of nitrogens with zero attached hydrogens (tertiary/aromatic N) is 1. The van der Waals surface area contributed by atoms with E-state index < -0.39 is 6.61 Å². The molecular weight excluding hydrogens is 330 g/mol. The standard InChI is InChI=1S/C18H26F2N2O3/c19-17(20)25-14-3-1-13(2-4-14)12-22-8-5-18(6-9-22)15(23)11-16(18)24-10-7-21/h1-4,15-17,23H,5-12,21H2/t15-,16+/m1/s1. The zero-order chi connectivity index (χ0) is 17.9. The lowest BCUT2D eigenvalue weighted by atomic mass is 9.58. The van der Waals surface area contributed by atoms with E-state index in [2.05, 4.69) is 9.64 Å². The Kier molecular flexibility index (Phi) is 5.89. The molecule has 0 bridgehead atoms. The molecule has 2 atom stereocenters. The van der Waals surface area contributed by atoms with Gasteiger partial charge in [-0.15, -0.1) is 0 Å². The van der Waals surface area contributed by atoms with Gasteiger partial charge in [-0.2, -0.15) is 8.78 Å². The predicted octanol–water partition coefficient (Wildman–Crippen LogP) is 1.98. The summed E-state index contributed by atoms with van der Waals surface area (Å²) in [5.41, 5.74) is 6.44. The molecule has 0 aromatic heterocycles. The largest absolute Gasteiger partial charge is 0.435 e. The van der Waals surface area contributed by atoms with Crippen molar-refractivity contribution in [3.05, 3.63) is 29.8 Å². The maximum Gasteiger partial charge on any atom is 0.387 e. The van der Waals surface area contributed by atoms with Crippen LogP contribution in [0.25, 0.3) is 0 Å². The summed E-state index contributed by atoms with van der Waals surface area (Å²) in [6, 6.07) is 6.76. The first kappa shape index (κ1) is 18.5. The van der Waals surface area contributed by atoms with Crippen LogP contribution >= 0.6 is 0 Å². The number of likely N-dealkylation sites (tertiary alicyclic amines) is 1. The van der Waals surface area contributed by atoms with Gasteiger partial charge in [-0.1, -0.05) is 12.1 Å². The molecule has 1 aromatic carbocycles. The molecule has 25 heavy (non-hydrogen) atoms. The highest BCUT2D eigenvalue weighted by atomic mass is 19.3. The first-order valence-corrected chi connectivity index (χ1v) is 8.79. The van der Waals surface area contributed by atoms with E-state index in [0.29, 0.717) is 19.6 Å². The van der Waals surface area contributed by atoms with E-state index in [1.54, 1.807) is 12.1 Å². The van der Waals surface area contributed by atoms with Crippen molar-refractivity contribution in [1.29, 1.82) is 0 Å². The van der Waals surface area contributed by atoms with Crippen molar-refractivity contribution in [3.8, 4) is 5.75 Å². The lowest BCUT2D eigenvalue weighted by Crippen LogP contribution is -2.62. The Labute approximate surface area is 146 Å². The molecule has 7 heteroatoms. The van der Waals surface area contributed by atoms with Crippen LogP contribution in [0.1, 0.15) is 24.8 Å². The number of alkyl halides is 2. The van der Waals surface area contributed by atoms with E-state index >= 15 is 0 Å². The monoisotopic (exact) mass is 356 g/mol. The molecule has 1 aliphatic carbocycles. The van der Waals surface area contributed by atoms with Crippen LogP contribution in [0, 0.1) is 5.41 Å². The number of benzene rings is 1. The smallest absolute Gasteiger partial charge is 0.387 e. The number of nitrogens with two attached hydrogens (primary N) is 1. The molecule has 2 aliphatic rings. The molecule has 140 valence electrons. The Morgan fingerprint density at radius 1 is 1.24 bits per heavy atom. The molecule has 0 unspecified atom stereocenters. The predicted molar refractivity (Wildman–Crippen MR) is 89.4 cm³/mol. The first-order chi connectivity index (χ1) is 12.0. The quantitative estimate of drug-likeness (QED) is 0.782. The molecule has 1 saturated carbocycles. The third-order valence-electron chi connectivity index (χ3n) is 5.52. The highest BCUT2D eigenvalue weighted by molar-refractivity contribution is 5.27. The van der Waals surface area contributed by atoms with Gasteiger partial charge in [-0.25, -0.2) is 0 Å². The number of piperidine rings is 1. The minimum Gasteiger partial charge on any atom is -0.435 e. The summed E-state index contributed by atoms with van der Waals surface area (Å²) in [4.78, 5) is 2.32. The third kappa shape index (κ3) is 4.11. The first-order valence-electron chi connectivity index (χ1n) is 8.79. The van der Waals surface area contributed by atoms with Crippen LogP contribution in [0.2, 0.25) is 0 Å². The molecule has 5 nitrogen and oxygen atoms in total. The summed E-state index contributed by atoms with van der Waals surface area (Å²) in [5, 5.41) is 10.3. The van der Waals surface area contributed by atoms with Crippen molar-refractivity contribution in [2.75, 3.05) is 26.2 Å². The van der Waals surface area contributed by atoms with E-state index in [0.717, 1.165) is 38.0 Å². The third-order valence-corrected chi connectivity index (χ3v) is 5.52. The minimum absolute atomic E-state index is 0.110. The van der Waals surface area contributed by atoms with Crippen LogP contribution in [0.15, 0.2) is 24.3 Å². The summed E-state index contributed by atoms with van der Waals surface area (Å²) in [6.45, 7) is 0.766. The number of aliphatic hydroxyl groups excluding tert-OH is 1. The van der Waals surface area contributed by atoms with Crippen molar-refractivity contribution in [3.63, 3.8) is 0 Å². The molecule has 2 fully saturated rings. The summed E-state index contributed by atoms with van der Waals surface area (Å²) in [5.74, 6) is 0.175. The molecule has 0 amide bonds. The molecule has 1 saturated heterocycles. The average Bonchev–Trinajstić information content (AvgIpc) is 2.60. The molecule has 1 aromatic rings. The lowest BCUT2D eigenvalue weighted by molar-refractivity contribution is -0.210. The van der Waals surface area contributed by atoms with Crippen LogP contribution in [0.4, 0.5) is 8.78 Å². The van der Waals surface area contributed by atoms with Crippen LogP contribution in [-0.4, -0.2) is 55.1 Å². The van der Waals surface area contributed by atoms with E-state index in [-0.39, 0.29) is 23.4 Å². The Hall–Kier alpha value is -1.28. The number of aliphatic hydroxyl groups is 1. The second-order valence-electron chi connectivity index (χ2n) is 6.93. The molecule has 1 heterocycles. The van der Waals surface area contributed by atoms with Gasteiger partial charge in [0.25, 0.3) is 0 Å². The van der Waals surface area contributed by atoms with Crippen LogP contribution in [-0.2, 0) is 11.3 Å². The fraction of sp³-hybridized carbons (Fsp3) is 0.667. The van der Waals surface area contributed by atoms with Gasteiger partial charge < -0.3 is 20.3 Å². The van der Waals surface area contributed by atoms with Crippen molar-refractivity contribution < 1.29 is 23.4 Å². The SMILES string of the molecule is NCCO[C@H]1C[C@@H](O)C12CCN(Cc1ccc(OC(F)F)cc1)CC2. The summed E-state index contributed by atoms with van der Waals surface area (Å²) < 4.78 is 34.5. The van der Waals surface area contributed by atoms with E-state index in [1.165, 1.54) is 0 Å². The highest BCUT2D eigenvalue weighted by Crippen LogP contribution is 2.51. The second-order valence-corrected chi connectivity index (χ2v) is 6.93. The number of halogens is 2. The number of hydrogen-bond donors (Lipinski definition) is 2. The average molecular weight is 356 g/mol. The second kappa shape index (κ2) is 7.95. The van der Waals surface area contributed by atoms with Crippen LogP contribution in [0.5, 0.6) is 5.75 Å². The van der Waals surface area contributed by atoms with E-state index in [1.807, 2.05) is 12.1 Å². The summed E-state index contributed by atoms with van der Waals surface area (Å²) in [6.07, 6.45) is 2.32. The van der Waals surface area contributed by atoms with Crippen molar-refractivity contribution in [1.82, 2.24) is 4.90 Å². The van der Waals surface area contributed by atoms with Crippen LogP contribution in [0.3, 0.4) is 0 Å². The Morgan fingerprint density at radius 3 is 2.48 bits per heavy atom. The molecule has 0 radical (unpaired) electrons. The van der Waals surface area contributed by atoms with Crippen LogP contribution < -0.4 is 10.5 Å². The Balaban J connectivity index is 1.50. The summed E-state index contributed by atoms with van der Waals surface area (Å²) in [7, 11) is 0. The van der Waals surface area contributed by atoms with Gasteiger partial charge >= 0.3 is 6.61 Å². The fourth-order valence-electron chi connectivity index (χ4n) is 3.99. The van der Waals surface area contributed by atoms with Gasteiger partial charge in [-0.05, 0) is 43.6 Å². The molecular formula is C18H26F2N2O3. The van der Waals surface area contributed by atoms with Gasteiger partial charge in [-0.3, -0.25) is 4.90 Å². The van der Waals surface area contributed by atoms with Gasteiger partial charge in [0.1, 0.15) is 5.75 Å². The summed E-state index contributed by atoms with van der Waals surface area (Å²) >= 11 is 0. The number of hydrogen-bond acceptors (Lipinski definition) is 5. The van der Waals surface area contributed by atoms with Gasteiger partial charge in [0.2, 0.25) is 0 Å². The maximum absolute atomic E-state index is 12.2. The minimum atomic E-state index is -2.80. The molecule has 3 rings (SSSR count). The van der Waals surface area contributed by atoms with E-state index in [4.69, 9.17) is 10.5 Å². The van der Waals surface area contributed by atoms with Crippen molar-refractivity contribution >= 4 is 0 Å². The topological polar surface area (TPSA) is 68.0 Å². The van der Waals surface area contributed by atoms with Gasteiger partial charge in [0.05, 0.1) is 18.8 Å². The maximum atomic E-state index is 12.2. The lowest BCUT2D eigenvalue weighted by Gasteiger charge is -2.56. The normalized spacial score (nSPS) is 26.0. The van der Waals surface area contributed by atoms with Gasteiger partial charge in [0.15, 0.2) is 0 Å². The van der Waals surface area contributed by atoms with Crippen molar-refractivity contribution in [2.24, 2.45) is 11.1 Å². The zero-order valence-corrected chi connectivity index (χ0v) is 14.2. The molecule has 3 N–H and O–H groups in total. The Bertz CT molecular complexity index is 548. The fourth-order valence-corrected chi connectivity index (χ4v) is 3.99. The van der Waals surface area contributed by atoms with Gasteiger partial charge in [0, 0.05) is 24.9 Å².